The highest BCUT2D eigenvalue weighted by atomic mass is 35.5. The first-order chi connectivity index (χ1) is 13.7. The number of hydrogen-bond acceptors (Lipinski definition) is 5. The Labute approximate surface area is 172 Å². The number of rotatable bonds is 4. The van der Waals surface area contributed by atoms with Crippen molar-refractivity contribution in [3.05, 3.63) is 56.9 Å². The molecule has 1 saturated heterocycles. The summed E-state index contributed by atoms with van der Waals surface area (Å²) in [4.78, 5) is 19.9. The lowest BCUT2D eigenvalue weighted by atomic mass is 10.1. The minimum absolute atomic E-state index is 0.750. The second-order valence-electron chi connectivity index (χ2n) is 7.19. The number of thiazole rings is 1. The van der Waals surface area contributed by atoms with Gasteiger partial charge >= 0.3 is 0 Å². The number of anilines is 1. The molecule has 4 aromatic rings. The predicted octanol–water partition coefficient (Wildman–Crippen LogP) is 5.23. The summed E-state index contributed by atoms with van der Waals surface area (Å²) in [7, 11) is 0. The van der Waals surface area contributed by atoms with Crippen molar-refractivity contribution in [3.63, 3.8) is 0 Å². The second kappa shape index (κ2) is 7.18. The Hall–Kier alpha value is -2.44. The van der Waals surface area contributed by atoms with Gasteiger partial charge in [0.15, 0.2) is 11.5 Å². The van der Waals surface area contributed by atoms with Crippen LogP contribution in [0.5, 0.6) is 0 Å². The summed E-state index contributed by atoms with van der Waals surface area (Å²) < 4.78 is 0. The predicted molar refractivity (Wildman–Crippen MR) is 115 cm³/mol. The van der Waals surface area contributed by atoms with E-state index in [9.17, 15) is 0 Å². The van der Waals surface area contributed by atoms with Crippen LogP contribution in [0.25, 0.3) is 22.7 Å². The normalized spacial score (nSPS) is 14.3. The largest absolute Gasteiger partial charge is 0.357 e. The molecule has 5 nitrogen and oxygen atoms in total. The van der Waals surface area contributed by atoms with Gasteiger partial charge in [0.1, 0.15) is 11.5 Å². The van der Waals surface area contributed by atoms with Gasteiger partial charge in [0, 0.05) is 29.9 Å². The number of fused-ring (bicyclic) bond motifs is 1. The van der Waals surface area contributed by atoms with E-state index in [0.717, 1.165) is 58.0 Å². The Bertz CT molecular complexity index is 1140. The lowest BCUT2D eigenvalue weighted by molar-refractivity contribution is 0.942. The summed E-state index contributed by atoms with van der Waals surface area (Å²) in [5.74, 6) is 1.78. The quantitative estimate of drug-likeness (QED) is 0.501. The summed E-state index contributed by atoms with van der Waals surface area (Å²) in [5.41, 5.74) is 4.98. The smallest absolute Gasteiger partial charge is 0.180 e. The number of aryl methyl sites for hydroxylation is 1. The fourth-order valence-electron chi connectivity index (χ4n) is 3.62. The van der Waals surface area contributed by atoms with Gasteiger partial charge in [-0.1, -0.05) is 17.7 Å². The van der Waals surface area contributed by atoms with Gasteiger partial charge in [0.2, 0.25) is 0 Å². The van der Waals surface area contributed by atoms with Crippen LogP contribution in [0, 0.1) is 6.92 Å². The zero-order valence-electron chi connectivity index (χ0n) is 15.6. The Morgan fingerprint density at radius 1 is 1.11 bits per heavy atom. The number of nitrogens with one attached hydrogen (secondary N) is 1. The van der Waals surface area contributed by atoms with Crippen LogP contribution in [-0.2, 0) is 6.42 Å². The number of aromatic nitrogens is 4. The molecule has 1 aliphatic rings. The summed E-state index contributed by atoms with van der Waals surface area (Å²) in [5, 5.41) is 3.86. The second-order valence-corrected chi connectivity index (χ2v) is 8.57. The van der Waals surface area contributed by atoms with E-state index < -0.39 is 0 Å². The first kappa shape index (κ1) is 17.6. The minimum atomic E-state index is 0.750. The van der Waals surface area contributed by atoms with Crippen molar-refractivity contribution in [2.24, 2.45) is 0 Å². The maximum atomic E-state index is 6.15. The van der Waals surface area contributed by atoms with Crippen molar-refractivity contribution in [3.8, 4) is 11.5 Å². The van der Waals surface area contributed by atoms with Gasteiger partial charge in [-0.15, -0.1) is 11.3 Å². The monoisotopic (exact) mass is 409 g/mol. The van der Waals surface area contributed by atoms with E-state index in [0.29, 0.717) is 0 Å². The highest BCUT2D eigenvalue weighted by Crippen LogP contribution is 2.26. The Morgan fingerprint density at radius 3 is 2.82 bits per heavy atom. The molecule has 0 amide bonds. The highest BCUT2D eigenvalue weighted by Gasteiger charge is 2.16. The lowest BCUT2D eigenvalue weighted by Crippen LogP contribution is -2.18. The van der Waals surface area contributed by atoms with Gasteiger partial charge in [-0.25, -0.2) is 15.0 Å². The Balaban J connectivity index is 1.41. The van der Waals surface area contributed by atoms with Crippen LogP contribution in [0.1, 0.15) is 29.0 Å². The molecule has 4 heterocycles. The molecule has 1 aromatic carbocycles. The van der Waals surface area contributed by atoms with E-state index >= 15 is 0 Å². The molecule has 142 valence electrons. The highest BCUT2D eigenvalue weighted by molar-refractivity contribution is 7.10. The summed E-state index contributed by atoms with van der Waals surface area (Å²) >= 11 is 7.79. The number of aromatic amines is 1. The number of benzene rings is 1. The van der Waals surface area contributed by atoms with Crippen LogP contribution in [-0.4, -0.2) is 33.0 Å². The number of hydrogen-bond donors (Lipinski definition) is 1. The third-order valence-corrected chi connectivity index (χ3v) is 6.29. The molecule has 0 saturated carbocycles. The Morgan fingerprint density at radius 2 is 1.96 bits per heavy atom. The molecule has 0 radical (unpaired) electrons. The first-order valence-corrected chi connectivity index (χ1v) is 10.7. The molecule has 28 heavy (non-hydrogen) atoms. The van der Waals surface area contributed by atoms with E-state index in [2.05, 4.69) is 35.0 Å². The number of pyridine rings is 1. The van der Waals surface area contributed by atoms with E-state index in [1.54, 1.807) is 11.3 Å². The molecule has 0 bridgehead atoms. The molecule has 5 rings (SSSR count). The van der Waals surface area contributed by atoms with Gasteiger partial charge in [0.25, 0.3) is 0 Å². The van der Waals surface area contributed by atoms with Crippen LogP contribution in [0.2, 0.25) is 5.02 Å². The molecule has 1 aliphatic heterocycles. The molecule has 0 atom stereocenters. The van der Waals surface area contributed by atoms with Crippen molar-refractivity contribution in [2.75, 3.05) is 18.0 Å². The van der Waals surface area contributed by atoms with Gasteiger partial charge in [-0.3, -0.25) is 0 Å². The van der Waals surface area contributed by atoms with Crippen molar-refractivity contribution in [2.45, 2.75) is 26.2 Å². The van der Waals surface area contributed by atoms with Crippen LogP contribution in [0.3, 0.4) is 0 Å². The lowest BCUT2D eigenvalue weighted by Gasteiger charge is -2.15. The first-order valence-electron chi connectivity index (χ1n) is 9.47. The van der Waals surface area contributed by atoms with E-state index in [-0.39, 0.29) is 0 Å². The van der Waals surface area contributed by atoms with Crippen LogP contribution in [0.4, 0.5) is 5.82 Å². The maximum Gasteiger partial charge on any atom is 0.180 e. The minimum Gasteiger partial charge on any atom is -0.357 e. The van der Waals surface area contributed by atoms with E-state index in [1.165, 1.54) is 24.0 Å². The Kier molecular flexibility index (Phi) is 4.53. The number of H-pyrrole nitrogens is 1. The van der Waals surface area contributed by atoms with Crippen molar-refractivity contribution in [1.82, 2.24) is 19.9 Å². The number of nitrogens with zero attached hydrogens (tertiary/aromatic N) is 4. The number of imidazole rings is 1. The SMILES string of the molecule is Cc1ccc(Cl)cc1Cc1nc(-c2nc3nc(N4CCCC4)ccc3[nH]2)cs1. The van der Waals surface area contributed by atoms with Crippen molar-refractivity contribution in [1.29, 1.82) is 0 Å². The third-order valence-electron chi connectivity index (χ3n) is 5.21. The molecule has 7 heteroatoms. The molecule has 0 unspecified atom stereocenters. The summed E-state index contributed by atoms with van der Waals surface area (Å²) in [6.07, 6.45) is 3.24. The zero-order chi connectivity index (χ0) is 19.1. The fourth-order valence-corrected chi connectivity index (χ4v) is 4.62. The number of halogens is 1. The van der Waals surface area contributed by atoms with Crippen molar-refractivity contribution >= 4 is 39.9 Å². The average Bonchev–Trinajstić information content (AvgIpc) is 3.44. The summed E-state index contributed by atoms with van der Waals surface area (Å²) in [6.45, 7) is 4.26. The molecule has 1 fully saturated rings. The fraction of sp³-hybridized carbons (Fsp3) is 0.286. The average molecular weight is 410 g/mol. The molecule has 0 spiro atoms. The maximum absolute atomic E-state index is 6.15. The van der Waals surface area contributed by atoms with Crippen LogP contribution in [0.15, 0.2) is 35.7 Å². The van der Waals surface area contributed by atoms with Gasteiger partial charge in [-0.05, 0) is 55.2 Å². The van der Waals surface area contributed by atoms with Crippen LogP contribution >= 0.6 is 22.9 Å². The molecule has 3 aromatic heterocycles. The zero-order valence-corrected chi connectivity index (χ0v) is 17.1. The molecular weight excluding hydrogens is 390 g/mol. The topological polar surface area (TPSA) is 57.7 Å². The van der Waals surface area contributed by atoms with Gasteiger partial charge < -0.3 is 9.88 Å². The van der Waals surface area contributed by atoms with E-state index in [1.807, 2.05) is 17.5 Å². The third kappa shape index (κ3) is 3.38. The van der Waals surface area contributed by atoms with Gasteiger partial charge in [-0.2, -0.15) is 0 Å². The standard InChI is InChI=1S/C21H20ClN5S/c1-13-4-5-15(22)10-14(13)11-19-23-17(12-28-19)21-24-16-6-7-18(25-20(16)26-21)27-8-2-3-9-27/h4-7,10,12H,2-3,8-9,11H2,1H3,(H,24,25,26). The van der Waals surface area contributed by atoms with Gasteiger partial charge in [0.05, 0.1) is 10.5 Å². The van der Waals surface area contributed by atoms with Crippen LogP contribution < -0.4 is 4.90 Å². The molecule has 0 aliphatic carbocycles. The molecular formula is C21H20ClN5S. The molecule has 1 N–H and O–H groups in total. The van der Waals surface area contributed by atoms with E-state index in [4.69, 9.17) is 26.6 Å². The van der Waals surface area contributed by atoms with Crippen molar-refractivity contribution < 1.29 is 0 Å². The summed E-state index contributed by atoms with van der Waals surface area (Å²) in [6, 6.07) is 10.1.